The van der Waals surface area contributed by atoms with Crippen molar-refractivity contribution in [2.75, 3.05) is 26.3 Å². The third kappa shape index (κ3) is 3.00. The van der Waals surface area contributed by atoms with Gasteiger partial charge in [-0.05, 0) is 13.8 Å². The highest BCUT2D eigenvalue weighted by Crippen LogP contribution is 2.36. The molecule has 148 valence electrons. The lowest BCUT2D eigenvalue weighted by atomic mass is 9.97. The number of aromatic hydroxyl groups is 1. The number of piperidine rings is 1. The summed E-state index contributed by atoms with van der Waals surface area (Å²) in [5.41, 5.74) is 2.42. The Morgan fingerprint density at radius 1 is 1.14 bits per heavy atom. The van der Waals surface area contributed by atoms with Gasteiger partial charge in [0.2, 0.25) is 10.8 Å². The van der Waals surface area contributed by atoms with Crippen molar-refractivity contribution in [2.45, 2.75) is 38.5 Å². The van der Waals surface area contributed by atoms with Crippen LogP contribution in [0.5, 0.6) is 5.88 Å². The molecule has 0 saturated carbocycles. The van der Waals surface area contributed by atoms with Crippen LogP contribution >= 0.6 is 11.3 Å². The Bertz CT molecular complexity index is 981. The molecule has 0 aliphatic carbocycles. The number of nitrogens with one attached hydrogen (secondary N) is 1. The Kier molecular flexibility index (Phi) is 4.39. The fraction of sp³-hybridized carbons (Fsp3) is 0.500. The monoisotopic (exact) mass is 401 g/mol. The molecule has 0 amide bonds. The van der Waals surface area contributed by atoms with Crippen LogP contribution in [0, 0.1) is 13.8 Å². The number of hydrogen-bond acceptors (Lipinski definition) is 6. The van der Waals surface area contributed by atoms with Gasteiger partial charge in [-0.2, -0.15) is 4.52 Å². The molecule has 7 nitrogen and oxygen atoms in total. The molecule has 0 unspecified atom stereocenters. The second kappa shape index (κ2) is 6.81. The van der Waals surface area contributed by atoms with E-state index in [1.165, 1.54) is 27.4 Å². The quantitative estimate of drug-likeness (QED) is 0.698. The topological polar surface area (TPSA) is 73.3 Å². The van der Waals surface area contributed by atoms with Crippen LogP contribution in [-0.4, -0.2) is 51.8 Å². The van der Waals surface area contributed by atoms with Gasteiger partial charge in [-0.25, -0.2) is 4.98 Å². The van der Waals surface area contributed by atoms with Crippen molar-refractivity contribution in [3.8, 4) is 5.88 Å². The molecular weight excluding hydrogens is 376 g/mol. The first kappa shape index (κ1) is 18.1. The molecule has 1 spiro atoms. The summed E-state index contributed by atoms with van der Waals surface area (Å²) in [4.78, 5) is 7.51. The molecule has 5 rings (SSSR count). The molecule has 1 aromatic carbocycles. The van der Waals surface area contributed by atoms with Gasteiger partial charge in [0.1, 0.15) is 10.7 Å². The lowest BCUT2D eigenvalue weighted by Crippen LogP contribution is -3.14. The highest BCUT2D eigenvalue weighted by Gasteiger charge is 2.44. The number of quaternary nitrogens is 1. The van der Waals surface area contributed by atoms with Gasteiger partial charge in [0, 0.05) is 5.56 Å². The number of aryl methyl sites for hydroxylation is 2. The number of nitrogens with zero attached hydrogens (tertiary/aromatic N) is 3. The summed E-state index contributed by atoms with van der Waals surface area (Å²) >= 11 is 1.53. The van der Waals surface area contributed by atoms with Gasteiger partial charge in [0.25, 0.3) is 0 Å². The van der Waals surface area contributed by atoms with Crippen LogP contribution in [0.4, 0.5) is 0 Å². The van der Waals surface area contributed by atoms with E-state index in [1.54, 1.807) is 4.52 Å². The molecule has 2 N–H and O–H groups in total. The van der Waals surface area contributed by atoms with Crippen molar-refractivity contribution in [1.29, 1.82) is 0 Å². The van der Waals surface area contributed by atoms with Crippen molar-refractivity contribution in [2.24, 2.45) is 0 Å². The number of likely N-dealkylation sites (tertiary alicyclic amines) is 1. The summed E-state index contributed by atoms with van der Waals surface area (Å²) in [6, 6.07) is 8.64. The Morgan fingerprint density at radius 2 is 1.82 bits per heavy atom. The summed E-state index contributed by atoms with van der Waals surface area (Å²) in [6.45, 7) is 7.15. The van der Waals surface area contributed by atoms with E-state index in [2.05, 4.69) is 41.3 Å². The maximum Gasteiger partial charge on any atom is 0.235 e. The first-order chi connectivity index (χ1) is 13.5. The standard InChI is InChI=1S/C20H24N4O3S/c1-13-3-5-15(6-4-13)16(17-18(25)24-19(28-17)21-14(2)22-24)23-9-7-20(8-10-23)26-11-12-27-20/h3-6,16,25H,7-12H2,1-2H3/p+1/t16-/m0/s1. The molecule has 2 aromatic heterocycles. The maximum atomic E-state index is 10.9. The maximum absolute atomic E-state index is 10.9. The number of ether oxygens (including phenoxy) is 2. The Labute approximate surface area is 167 Å². The predicted molar refractivity (Wildman–Crippen MR) is 105 cm³/mol. The predicted octanol–water partition coefficient (Wildman–Crippen LogP) is 1.62. The third-order valence-corrected chi connectivity index (χ3v) is 6.94. The molecule has 4 heterocycles. The Morgan fingerprint density at radius 3 is 2.46 bits per heavy atom. The first-order valence-corrected chi connectivity index (χ1v) is 10.6. The average Bonchev–Trinajstić information content (AvgIpc) is 3.37. The van der Waals surface area contributed by atoms with Crippen LogP contribution < -0.4 is 4.90 Å². The highest BCUT2D eigenvalue weighted by molar-refractivity contribution is 7.17. The smallest absolute Gasteiger partial charge is 0.235 e. The molecule has 2 saturated heterocycles. The number of benzene rings is 1. The minimum atomic E-state index is -0.397. The zero-order valence-corrected chi connectivity index (χ0v) is 17.0. The first-order valence-electron chi connectivity index (χ1n) is 9.79. The summed E-state index contributed by atoms with van der Waals surface area (Å²) in [6.07, 6.45) is 1.73. The minimum Gasteiger partial charge on any atom is -0.492 e. The highest BCUT2D eigenvalue weighted by atomic mass is 32.1. The number of rotatable bonds is 3. The van der Waals surface area contributed by atoms with Crippen LogP contribution in [-0.2, 0) is 9.47 Å². The largest absolute Gasteiger partial charge is 0.492 e. The molecular formula is C20H25N4O3S+. The minimum absolute atomic E-state index is 0.0353. The van der Waals surface area contributed by atoms with Gasteiger partial charge in [-0.3, -0.25) is 0 Å². The summed E-state index contributed by atoms with van der Waals surface area (Å²) in [7, 11) is 0. The van der Waals surface area contributed by atoms with E-state index in [9.17, 15) is 5.11 Å². The van der Waals surface area contributed by atoms with Gasteiger partial charge in [-0.1, -0.05) is 41.2 Å². The number of aromatic nitrogens is 3. The summed E-state index contributed by atoms with van der Waals surface area (Å²) in [5, 5.41) is 15.3. The van der Waals surface area contributed by atoms with Crippen molar-refractivity contribution in [3.05, 3.63) is 46.1 Å². The van der Waals surface area contributed by atoms with Crippen LogP contribution in [0.1, 0.15) is 40.7 Å². The lowest BCUT2D eigenvalue weighted by Gasteiger charge is -2.38. The van der Waals surface area contributed by atoms with Crippen LogP contribution in [0.25, 0.3) is 4.96 Å². The SMILES string of the molecule is Cc1ccc([C@@H](c2sc3nc(C)nn3c2O)[NH+]2CCC3(CC2)OCCO3)cc1. The van der Waals surface area contributed by atoms with E-state index in [-0.39, 0.29) is 11.9 Å². The zero-order chi connectivity index (χ0) is 19.3. The molecule has 8 heteroatoms. The summed E-state index contributed by atoms with van der Waals surface area (Å²) in [5.74, 6) is 0.474. The van der Waals surface area contributed by atoms with Crippen LogP contribution in [0.15, 0.2) is 24.3 Å². The van der Waals surface area contributed by atoms with E-state index in [1.807, 2.05) is 6.92 Å². The van der Waals surface area contributed by atoms with E-state index >= 15 is 0 Å². The van der Waals surface area contributed by atoms with Crippen molar-refractivity contribution in [3.63, 3.8) is 0 Å². The molecule has 2 aliphatic heterocycles. The third-order valence-electron chi connectivity index (χ3n) is 5.85. The van der Waals surface area contributed by atoms with Crippen molar-refractivity contribution < 1.29 is 19.5 Å². The second-order valence-corrected chi connectivity index (χ2v) is 8.76. The molecule has 28 heavy (non-hydrogen) atoms. The van der Waals surface area contributed by atoms with Crippen LogP contribution in [0.2, 0.25) is 0 Å². The van der Waals surface area contributed by atoms with Gasteiger partial charge in [0.15, 0.2) is 11.8 Å². The zero-order valence-electron chi connectivity index (χ0n) is 16.1. The summed E-state index contributed by atoms with van der Waals surface area (Å²) < 4.78 is 13.4. The van der Waals surface area contributed by atoms with E-state index in [4.69, 9.17) is 9.47 Å². The molecule has 0 bridgehead atoms. The van der Waals surface area contributed by atoms with Gasteiger partial charge >= 0.3 is 0 Å². The molecule has 1 atom stereocenters. The van der Waals surface area contributed by atoms with Gasteiger partial charge in [0.05, 0.1) is 39.1 Å². The van der Waals surface area contributed by atoms with E-state index < -0.39 is 5.79 Å². The molecule has 0 radical (unpaired) electrons. The molecule has 2 fully saturated rings. The number of hydrogen-bond donors (Lipinski definition) is 2. The second-order valence-electron chi connectivity index (χ2n) is 7.75. The number of thiazole rings is 1. The lowest BCUT2D eigenvalue weighted by molar-refractivity contribution is -0.933. The fourth-order valence-electron chi connectivity index (χ4n) is 4.39. The van der Waals surface area contributed by atoms with Crippen molar-refractivity contribution >= 4 is 16.3 Å². The normalized spacial score (nSPS) is 20.9. The number of fused-ring (bicyclic) bond motifs is 1. The van der Waals surface area contributed by atoms with Crippen LogP contribution in [0.3, 0.4) is 0 Å². The van der Waals surface area contributed by atoms with Gasteiger partial charge in [-0.15, -0.1) is 5.10 Å². The van der Waals surface area contributed by atoms with E-state index in [0.29, 0.717) is 19.0 Å². The average molecular weight is 402 g/mol. The Hall–Kier alpha value is -2.00. The van der Waals surface area contributed by atoms with E-state index in [0.717, 1.165) is 35.8 Å². The van der Waals surface area contributed by atoms with Crippen molar-refractivity contribution in [1.82, 2.24) is 14.6 Å². The molecule has 3 aromatic rings. The van der Waals surface area contributed by atoms with Gasteiger partial charge < -0.3 is 19.5 Å². The Balaban J connectivity index is 1.52. The fourth-order valence-corrected chi connectivity index (χ4v) is 5.58. The molecule has 2 aliphatic rings.